The van der Waals surface area contributed by atoms with E-state index in [0.717, 1.165) is 27.7 Å². The van der Waals surface area contributed by atoms with E-state index in [9.17, 15) is 9.59 Å². The van der Waals surface area contributed by atoms with E-state index in [1.54, 1.807) is 6.07 Å². The third kappa shape index (κ3) is 3.17. The van der Waals surface area contributed by atoms with E-state index in [2.05, 4.69) is 5.32 Å². The molecule has 0 aliphatic rings. The molecule has 3 rings (SSSR count). The number of amides is 1. The number of hydrogen-bond acceptors (Lipinski definition) is 5. The molecule has 6 heteroatoms. The number of hydrogen-bond donors (Lipinski definition) is 2. The summed E-state index contributed by atoms with van der Waals surface area (Å²) in [5, 5.41) is 13.2. The van der Waals surface area contributed by atoms with Gasteiger partial charge in [-0.25, -0.2) is 4.79 Å². The zero-order valence-corrected chi connectivity index (χ0v) is 14.6. The van der Waals surface area contributed by atoms with Crippen LogP contribution in [0.3, 0.4) is 0 Å². The minimum Gasteiger partial charge on any atom is -0.461 e. The SMILES string of the molecule is Cc1oc2cc3oc(=O)c(CC(=O)NCCCO)c(C)c3cc2c1C. The van der Waals surface area contributed by atoms with Crippen molar-refractivity contribution in [1.82, 2.24) is 5.32 Å². The Labute approximate surface area is 144 Å². The van der Waals surface area contributed by atoms with Crippen molar-refractivity contribution in [3.05, 3.63) is 45.0 Å². The number of aryl methyl sites for hydroxylation is 3. The van der Waals surface area contributed by atoms with E-state index < -0.39 is 5.63 Å². The topological polar surface area (TPSA) is 92.7 Å². The number of rotatable bonds is 5. The molecule has 2 aromatic heterocycles. The first kappa shape index (κ1) is 17.2. The molecule has 6 nitrogen and oxygen atoms in total. The molecule has 25 heavy (non-hydrogen) atoms. The van der Waals surface area contributed by atoms with Crippen LogP contribution in [0.1, 0.15) is 28.9 Å². The predicted molar refractivity (Wildman–Crippen MR) is 94.9 cm³/mol. The number of aliphatic hydroxyl groups is 1. The average molecular weight is 343 g/mol. The Morgan fingerprint density at radius 1 is 1.08 bits per heavy atom. The van der Waals surface area contributed by atoms with Crippen molar-refractivity contribution >= 4 is 27.8 Å². The fourth-order valence-electron chi connectivity index (χ4n) is 2.96. The number of nitrogens with one attached hydrogen (secondary N) is 1. The third-order valence-electron chi connectivity index (χ3n) is 4.58. The maximum Gasteiger partial charge on any atom is 0.340 e. The first-order chi connectivity index (χ1) is 11.9. The van der Waals surface area contributed by atoms with Crippen LogP contribution in [0.5, 0.6) is 0 Å². The number of benzene rings is 1. The van der Waals surface area contributed by atoms with Gasteiger partial charge in [-0.1, -0.05) is 0 Å². The van der Waals surface area contributed by atoms with Gasteiger partial charge in [0.05, 0.1) is 12.0 Å². The van der Waals surface area contributed by atoms with Gasteiger partial charge in [-0.15, -0.1) is 0 Å². The largest absolute Gasteiger partial charge is 0.461 e. The highest BCUT2D eigenvalue weighted by molar-refractivity contribution is 5.97. The summed E-state index contributed by atoms with van der Waals surface area (Å²) in [7, 11) is 0. The van der Waals surface area contributed by atoms with Gasteiger partial charge in [-0.3, -0.25) is 4.79 Å². The Morgan fingerprint density at radius 3 is 2.48 bits per heavy atom. The fraction of sp³-hybridized carbons (Fsp3) is 0.368. The van der Waals surface area contributed by atoms with Crippen LogP contribution in [-0.4, -0.2) is 24.2 Å². The highest BCUT2D eigenvalue weighted by Crippen LogP contribution is 2.30. The molecule has 132 valence electrons. The van der Waals surface area contributed by atoms with Crippen LogP contribution in [-0.2, 0) is 11.2 Å². The highest BCUT2D eigenvalue weighted by atomic mass is 16.4. The second-order valence-corrected chi connectivity index (χ2v) is 6.22. The normalized spacial score (nSPS) is 11.4. The lowest BCUT2D eigenvalue weighted by atomic mass is 10.0. The summed E-state index contributed by atoms with van der Waals surface area (Å²) >= 11 is 0. The summed E-state index contributed by atoms with van der Waals surface area (Å²) < 4.78 is 11.1. The van der Waals surface area contributed by atoms with Gasteiger partial charge in [0.25, 0.3) is 0 Å². The van der Waals surface area contributed by atoms with Crippen molar-refractivity contribution < 1.29 is 18.7 Å². The van der Waals surface area contributed by atoms with Crippen LogP contribution in [0, 0.1) is 20.8 Å². The van der Waals surface area contributed by atoms with Gasteiger partial charge < -0.3 is 19.3 Å². The van der Waals surface area contributed by atoms with E-state index >= 15 is 0 Å². The van der Waals surface area contributed by atoms with E-state index in [1.165, 1.54) is 0 Å². The van der Waals surface area contributed by atoms with Crippen molar-refractivity contribution in [3.63, 3.8) is 0 Å². The molecule has 0 aliphatic carbocycles. The van der Waals surface area contributed by atoms with Gasteiger partial charge in [0, 0.05) is 30.0 Å². The molecule has 1 amide bonds. The Bertz CT molecular complexity index is 1010. The molecular weight excluding hydrogens is 322 g/mol. The Kier molecular flexibility index (Phi) is 4.63. The van der Waals surface area contributed by atoms with Crippen molar-refractivity contribution in [3.8, 4) is 0 Å². The lowest BCUT2D eigenvalue weighted by Gasteiger charge is -2.08. The minimum absolute atomic E-state index is 0.0108. The first-order valence-electron chi connectivity index (χ1n) is 8.26. The van der Waals surface area contributed by atoms with E-state index in [0.29, 0.717) is 29.7 Å². The van der Waals surface area contributed by atoms with Crippen molar-refractivity contribution in [2.24, 2.45) is 0 Å². The summed E-state index contributed by atoms with van der Waals surface area (Å²) in [5.74, 6) is 0.563. The van der Waals surface area contributed by atoms with Crippen molar-refractivity contribution in [2.75, 3.05) is 13.2 Å². The van der Waals surface area contributed by atoms with Crippen LogP contribution in [0.4, 0.5) is 0 Å². The van der Waals surface area contributed by atoms with Crippen LogP contribution in [0.15, 0.2) is 25.8 Å². The summed E-state index contributed by atoms with van der Waals surface area (Å²) in [6.07, 6.45) is 0.436. The summed E-state index contributed by atoms with van der Waals surface area (Å²) in [6, 6.07) is 3.67. The van der Waals surface area contributed by atoms with Gasteiger partial charge in [0.1, 0.15) is 16.9 Å². The van der Waals surface area contributed by atoms with Crippen molar-refractivity contribution in [2.45, 2.75) is 33.6 Å². The summed E-state index contributed by atoms with van der Waals surface area (Å²) in [5.41, 5.74) is 2.76. The highest BCUT2D eigenvalue weighted by Gasteiger charge is 2.17. The molecule has 3 aromatic rings. The zero-order valence-electron chi connectivity index (χ0n) is 14.6. The van der Waals surface area contributed by atoms with Crippen LogP contribution < -0.4 is 10.9 Å². The molecule has 0 aliphatic heterocycles. The van der Waals surface area contributed by atoms with Crippen LogP contribution in [0.2, 0.25) is 0 Å². The molecule has 1 aromatic carbocycles. The number of furan rings is 1. The van der Waals surface area contributed by atoms with Gasteiger partial charge >= 0.3 is 5.63 Å². The lowest BCUT2D eigenvalue weighted by molar-refractivity contribution is -0.120. The van der Waals surface area contributed by atoms with Crippen molar-refractivity contribution in [1.29, 1.82) is 0 Å². The second-order valence-electron chi connectivity index (χ2n) is 6.22. The maximum atomic E-state index is 12.3. The first-order valence-corrected chi connectivity index (χ1v) is 8.26. The molecule has 0 fully saturated rings. The van der Waals surface area contributed by atoms with E-state index in [1.807, 2.05) is 26.8 Å². The Hall–Kier alpha value is -2.60. The smallest absolute Gasteiger partial charge is 0.340 e. The Balaban J connectivity index is 2.05. The van der Waals surface area contributed by atoms with Gasteiger partial charge in [-0.2, -0.15) is 0 Å². The fourth-order valence-corrected chi connectivity index (χ4v) is 2.96. The number of carbonyl (C=O) groups is 1. The van der Waals surface area contributed by atoms with Gasteiger partial charge in [0.15, 0.2) is 0 Å². The molecule has 0 bridgehead atoms. The molecular formula is C19H21NO5. The molecule has 0 spiro atoms. The summed E-state index contributed by atoms with van der Waals surface area (Å²) in [6.45, 7) is 6.09. The molecule has 0 saturated carbocycles. The monoisotopic (exact) mass is 343 g/mol. The third-order valence-corrected chi connectivity index (χ3v) is 4.58. The quantitative estimate of drug-likeness (QED) is 0.548. The lowest BCUT2D eigenvalue weighted by Crippen LogP contribution is -2.29. The second kappa shape index (κ2) is 6.72. The Morgan fingerprint density at radius 2 is 1.76 bits per heavy atom. The predicted octanol–water partition coefficient (Wildman–Crippen LogP) is 2.51. The standard InChI is InChI=1S/C19H21NO5/c1-10-12(3)24-16-9-17-14(7-13(10)16)11(2)15(19(23)25-17)8-18(22)20-5-4-6-21/h7,9,21H,4-6,8H2,1-3H3,(H,20,22). The van der Waals surface area contributed by atoms with E-state index in [4.69, 9.17) is 13.9 Å². The minimum atomic E-state index is -0.512. The molecule has 0 saturated heterocycles. The van der Waals surface area contributed by atoms with Crippen LogP contribution >= 0.6 is 0 Å². The number of carbonyl (C=O) groups excluding carboxylic acids is 1. The average Bonchev–Trinajstić information content (AvgIpc) is 2.84. The number of aliphatic hydroxyl groups excluding tert-OH is 1. The van der Waals surface area contributed by atoms with Gasteiger partial charge in [-0.05, 0) is 44.4 Å². The molecule has 0 radical (unpaired) electrons. The molecule has 0 atom stereocenters. The molecule has 2 heterocycles. The summed E-state index contributed by atoms with van der Waals surface area (Å²) in [4.78, 5) is 24.3. The molecule has 0 unspecified atom stereocenters. The maximum absolute atomic E-state index is 12.3. The molecule has 2 N–H and O–H groups in total. The van der Waals surface area contributed by atoms with E-state index in [-0.39, 0.29) is 18.9 Å². The number of fused-ring (bicyclic) bond motifs is 2. The van der Waals surface area contributed by atoms with Gasteiger partial charge in [0.2, 0.25) is 5.91 Å². The zero-order chi connectivity index (χ0) is 18.1. The van der Waals surface area contributed by atoms with Crippen LogP contribution in [0.25, 0.3) is 21.9 Å².